The van der Waals surface area contributed by atoms with Gasteiger partial charge in [0.15, 0.2) is 5.69 Å². The molecule has 0 aliphatic heterocycles. The molecule has 8 saturated carbocycles. The van der Waals surface area contributed by atoms with Gasteiger partial charge in [-0.1, -0.05) is 0 Å². The van der Waals surface area contributed by atoms with Gasteiger partial charge in [-0.25, -0.2) is 0 Å². The molecule has 8 aliphatic carbocycles. The zero-order valence-corrected chi connectivity index (χ0v) is 19.2. The normalized spacial score (nSPS) is 44.1. The van der Waals surface area contributed by atoms with E-state index in [4.69, 9.17) is 0 Å². The van der Waals surface area contributed by atoms with Crippen LogP contribution in [0.2, 0.25) is 0 Å². The minimum atomic E-state index is -0.329. The number of nitrogens with one attached hydrogen (secondary N) is 2. The predicted molar refractivity (Wildman–Crippen MR) is 128 cm³/mol. The van der Waals surface area contributed by atoms with E-state index in [1.807, 2.05) is 0 Å². The van der Waals surface area contributed by atoms with Gasteiger partial charge < -0.3 is 10.6 Å². The Labute approximate surface area is 194 Å². The Morgan fingerprint density at radius 2 is 1.06 bits per heavy atom. The van der Waals surface area contributed by atoms with Crippen LogP contribution in [0.4, 0.5) is 22.7 Å². The average molecular weight is 451 g/mol. The van der Waals surface area contributed by atoms with E-state index in [2.05, 4.69) is 15.8 Å². The number of anilines is 2. The number of rotatable bonds is 6. The van der Waals surface area contributed by atoms with Crippen molar-refractivity contribution in [2.75, 3.05) is 10.6 Å². The minimum Gasteiger partial charge on any atom is -0.377 e. The van der Waals surface area contributed by atoms with Crippen LogP contribution >= 0.6 is 0 Å². The number of non-ortho nitro benzene ring substituents is 1. The van der Waals surface area contributed by atoms with Crippen molar-refractivity contribution in [1.82, 2.24) is 0 Å². The average Bonchev–Trinajstić information content (AvgIpc) is 2.71. The zero-order valence-electron chi connectivity index (χ0n) is 19.2. The Morgan fingerprint density at radius 3 is 1.33 bits per heavy atom. The summed E-state index contributed by atoms with van der Waals surface area (Å²) in [6.45, 7) is 0. The van der Waals surface area contributed by atoms with Crippen molar-refractivity contribution >= 4 is 22.7 Å². The standard InChI is InChI=1S/C26H34N4O3/c31-29-24-22(27-25-9-15-1-16(10-25)3-17(2-15)11-25)7-21(30(32)33)8-23(24)28-26-12-18-4-19(13-26)6-20(5-18)14-26/h7-8,15-20,27-28H,1-6,9-14H2. The molecule has 0 spiro atoms. The summed E-state index contributed by atoms with van der Waals surface area (Å²) < 4.78 is 0. The Hall–Kier alpha value is -2.18. The van der Waals surface area contributed by atoms with E-state index in [-0.39, 0.29) is 21.7 Å². The Balaban J connectivity index is 1.25. The van der Waals surface area contributed by atoms with E-state index >= 15 is 0 Å². The smallest absolute Gasteiger partial charge is 0.273 e. The molecular weight excluding hydrogens is 416 g/mol. The molecule has 0 radical (unpaired) electrons. The lowest BCUT2D eigenvalue weighted by atomic mass is 9.53. The highest BCUT2D eigenvalue weighted by molar-refractivity contribution is 5.84. The maximum atomic E-state index is 12.2. The molecule has 8 aliphatic rings. The zero-order chi connectivity index (χ0) is 22.4. The van der Waals surface area contributed by atoms with Crippen molar-refractivity contribution in [3.05, 3.63) is 27.2 Å². The van der Waals surface area contributed by atoms with Crippen LogP contribution in [0, 0.1) is 50.5 Å². The van der Waals surface area contributed by atoms with Crippen molar-refractivity contribution in [2.45, 2.75) is 88.1 Å². The largest absolute Gasteiger partial charge is 0.377 e. The first-order valence-electron chi connectivity index (χ1n) is 13.1. The number of nitro benzene ring substituents is 1. The van der Waals surface area contributed by atoms with Gasteiger partial charge in [0.25, 0.3) is 5.69 Å². The second-order valence-corrected chi connectivity index (χ2v) is 12.9. The molecule has 9 rings (SSSR count). The third kappa shape index (κ3) is 3.28. The van der Waals surface area contributed by atoms with Crippen LogP contribution in [0.5, 0.6) is 0 Å². The fourth-order valence-electron chi connectivity index (χ4n) is 10.1. The van der Waals surface area contributed by atoms with Gasteiger partial charge in [0.1, 0.15) is 0 Å². The van der Waals surface area contributed by atoms with Gasteiger partial charge in [0.2, 0.25) is 0 Å². The molecule has 176 valence electrons. The van der Waals surface area contributed by atoms with Gasteiger partial charge >= 0.3 is 0 Å². The van der Waals surface area contributed by atoms with Gasteiger partial charge in [-0.2, -0.15) is 0 Å². The summed E-state index contributed by atoms with van der Waals surface area (Å²) in [5.74, 6) is 4.50. The lowest BCUT2D eigenvalue weighted by Gasteiger charge is -2.57. The fourth-order valence-corrected chi connectivity index (χ4v) is 10.1. The van der Waals surface area contributed by atoms with E-state index in [0.29, 0.717) is 17.1 Å². The molecule has 1 aromatic rings. The number of hydrogen-bond donors (Lipinski definition) is 2. The van der Waals surface area contributed by atoms with Crippen LogP contribution in [0.25, 0.3) is 0 Å². The van der Waals surface area contributed by atoms with Crippen LogP contribution in [-0.2, 0) is 0 Å². The number of hydrogen-bond acceptors (Lipinski definition) is 6. The molecule has 0 amide bonds. The molecule has 8 fully saturated rings. The first-order chi connectivity index (χ1) is 15.9. The van der Waals surface area contributed by atoms with E-state index in [1.54, 1.807) is 12.1 Å². The topological polar surface area (TPSA) is 96.6 Å². The van der Waals surface area contributed by atoms with Crippen molar-refractivity contribution in [3.8, 4) is 0 Å². The van der Waals surface area contributed by atoms with E-state index in [9.17, 15) is 15.0 Å². The molecule has 7 heteroatoms. The quantitative estimate of drug-likeness (QED) is 0.284. The van der Waals surface area contributed by atoms with Gasteiger partial charge in [0, 0.05) is 23.2 Å². The Morgan fingerprint density at radius 1 is 0.727 bits per heavy atom. The predicted octanol–water partition coefficient (Wildman–Crippen LogP) is 6.75. The summed E-state index contributed by atoms with van der Waals surface area (Å²) >= 11 is 0. The maximum Gasteiger partial charge on any atom is 0.273 e. The van der Waals surface area contributed by atoms with E-state index < -0.39 is 0 Å². The summed E-state index contributed by atoms with van der Waals surface area (Å²) in [5, 5.41) is 22.8. The molecule has 7 nitrogen and oxygen atoms in total. The van der Waals surface area contributed by atoms with Crippen molar-refractivity contribution in [1.29, 1.82) is 0 Å². The molecule has 8 bridgehead atoms. The molecule has 0 atom stereocenters. The van der Waals surface area contributed by atoms with E-state index in [0.717, 1.165) is 74.0 Å². The summed E-state index contributed by atoms with van der Waals surface area (Å²) in [6.07, 6.45) is 14.6. The SMILES string of the molecule is O=Nc1c(NC23CC4CC(CC(C4)C2)C3)cc([N+](=O)[O-])cc1NC12CC3CC(CC(C3)C1)C2. The van der Waals surface area contributed by atoms with Crippen molar-refractivity contribution in [3.63, 3.8) is 0 Å². The van der Waals surface area contributed by atoms with Gasteiger partial charge in [0.05, 0.1) is 16.3 Å². The highest BCUT2D eigenvalue weighted by Crippen LogP contribution is 2.59. The van der Waals surface area contributed by atoms with E-state index in [1.165, 1.54) is 38.5 Å². The van der Waals surface area contributed by atoms with Gasteiger partial charge in [-0.15, -0.1) is 4.91 Å². The van der Waals surface area contributed by atoms with Gasteiger partial charge in [-0.05, 0) is 118 Å². The molecule has 1 aromatic carbocycles. The van der Waals surface area contributed by atoms with Crippen LogP contribution in [0.1, 0.15) is 77.0 Å². The molecule has 0 unspecified atom stereocenters. The third-order valence-electron chi connectivity index (χ3n) is 10.3. The minimum absolute atomic E-state index is 0.0403. The number of nitro groups is 1. The second-order valence-electron chi connectivity index (χ2n) is 12.9. The maximum absolute atomic E-state index is 12.2. The van der Waals surface area contributed by atoms with Crippen LogP contribution in [0.15, 0.2) is 17.3 Å². The second kappa shape index (κ2) is 6.92. The fraction of sp³-hybridized carbons (Fsp3) is 0.769. The first-order valence-corrected chi connectivity index (χ1v) is 13.1. The van der Waals surface area contributed by atoms with Crippen molar-refractivity contribution in [2.24, 2.45) is 40.7 Å². The number of nitroso groups, excluding NO2 is 1. The summed E-state index contributed by atoms with van der Waals surface area (Å²) in [7, 11) is 0. The highest BCUT2D eigenvalue weighted by Gasteiger charge is 2.53. The van der Waals surface area contributed by atoms with Crippen LogP contribution < -0.4 is 10.6 Å². The summed E-state index contributed by atoms with van der Waals surface area (Å²) in [5.41, 5.74) is 1.43. The van der Waals surface area contributed by atoms with Crippen LogP contribution in [0.3, 0.4) is 0 Å². The van der Waals surface area contributed by atoms with Gasteiger partial charge in [-0.3, -0.25) is 10.1 Å². The molecule has 0 aromatic heterocycles. The lowest BCUT2D eigenvalue weighted by Crippen LogP contribution is -2.55. The summed E-state index contributed by atoms with van der Waals surface area (Å²) in [4.78, 5) is 23.7. The highest BCUT2D eigenvalue weighted by atomic mass is 16.6. The molecular formula is C26H34N4O3. The van der Waals surface area contributed by atoms with Crippen molar-refractivity contribution < 1.29 is 4.92 Å². The number of nitrogens with zero attached hydrogens (tertiary/aromatic N) is 2. The third-order valence-corrected chi connectivity index (χ3v) is 10.3. The molecule has 33 heavy (non-hydrogen) atoms. The number of benzene rings is 1. The summed E-state index contributed by atoms with van der Waals surface area (Å²) in [6, 6.07) is 3.11. The Bertz CT molecular complexity index is 883. The first kappa shape index (κ1) is 20.2. The molecule has 2 N–H and O–H groups in total. The van der Waals surface area contributed by atoms with Crippen LogP contribution in [-0.4, -0.2) is 16.0 Å². The molecule has 0 heterocycles. The molecule has 0 saturated heterocycles. The Kier molecular flexibility index (Phi) is 4.24. The monoisotopic (exact) mass is 450 g/mol. The lowest BCUT2D eigenvalue weighted by molar-refractivity contribution is -0.384.